The number of nitrogen functional groups attached to an aromatic ring is 2. The molecule has 49 heavy (non-hydrogen) atoms. The summed E-state index contributed by atoms with van der Waals surface area (Å²) in [7, 11) is 0. The monoisotopic (exact) mass is 644 g/mol. The second-order valence-corrected chi connectivity index (χ2v) is 13.2. The molecule has 0 saturated carbocycles. The van der Waals surface area contributed by atoms with Crippen LogP contribution >= 0.6 is 0 Å². The zero-order valence-corrected chi connectivity index (χ0v) is 28.8. The molecule has 6 aromatic rings. The van der Waals surface area contributed by atoms with Crippen LogP contribution in [0.15, 0.2) is 121 Å². The largest absolute Gasteiger partial charge is 0.457 e. The minimum absolute atomic E-state index is 0.538. The van der Waals surface area contributed by atoms with Gasteiger partial charge in [0.1, 0.15) is 23.0 Å². The number of fused-ring (bicyclic) bond motifs is 3. The molecule has 0 spiro atoms. The zero-order chi connectivity index (χ0) is 34.1. The molecule has 0 saturated heterocycles. The lowest BCUT2D eigenvalue weighted by molar-refractivity contribution is 0.471. The molecule has 0 fully saturated rings. The van der Waals surface area contributed by atoms with Crippen LogP contribution in [0.4, 0.5) is 11.4 Å². The summed E-state index contributed by atoms with van der Waals surface area (Å²) in [6.07, 6.45) is 3.78. The topological polar surface area (TPSA) is 70.5 Å². The number of ether oxygens (including phenoxy) is 2. The summed E-state index contributed by atoms with van der Waals surface area (Å²) in [5, 5.41) is 0. The summed E-state index contributed by atoms with van der Waals surface area (Å²) in [6.45, 7) is 8.52. The Hall–Kier alpha value is -5.48. The van der Waals surface area contributed by atoms with Crippen molar-refractivity contribution in [3.63, 3.8) is 0 Å². The first-order chi connectivity index (χ1) is 23.8. The van der Waals surface area contributed by atoms with Gasteiger partial charge in [-0.1, -0.05) is 99.5 Å². The van der Waals surface area contributed by atoms with Crippen molar-refractivity contribution in [2.24, 2.45) is 0 Å². The molecule has 0 aliphatic heterocycles. The Bertz CT molecular complexity index is 2010. The van der Waals surface area contributed by atoms with Crippen molar-refractivity contribution >= 4 is 11.4 Å². The molecule has 6 aromatic carbocycles. The molecule has 0 atom stereocenters. The van der Waals surface area contributed by atoms with Gasteiger partial charge in [0, 0.05) is 11.4 Å². The fourth-order valence-corrected chi connectivity index (χ4v) is 7.59. The van der Waals surface area contributed by atoms with Gasteiger partial charge in [-0.3, -0.25) is 0 Å². The maximum atomic E-state index is 6.60. The fourth-order valence-electron chi connectivity index (χ4n) is 7.59. The maximum absolute atomic E-state index is 6.60. The average molecular weight is 645 g/mol. The molecule has 0 bridgehead atoms. The minimum Gasteiger partial charge on any atom is -0.457 e. The van der Waals surface area contributed by atoms with Crippen molar-refractivity contribution in [1.82, 2.24) is 0 Å². The van der Waals surface area contributed by atoms with E-state index in [9.17, 15) is 0 Å². The van der Waals surface area contributed by atoms with Crippen LogP contribution in [0, 0.1) is 13.8 Å². The third-order valence-corrected chi connectivity index (χ3v) is 9.82. The second-order valence-electron chi connectivity index (χ2n) is 13.2. The van der Waals surface area contributed by atoms with Gasteiger partial charge in [0.25, 0.3) is 0 Å². The highest BCUT2D eigenvalue weighted by Crippen LogP contribution is 2.57. The highest BCUT2D eigenvalue weighted by molar-refractivity contribution is 5.86. The number of hydrogen-bond donors (Lipinski definition) is 2. The summed E-state index contributed by atoms with van der Waals surface area (Å²) in [4.78, 5) is 0. The first-order valence-electron chi connectivity index (χ1n) is 17.4. The summed E-state index contributed by atoms with van der Waals surface area (Å²) in [6, 6.07) is 43.0. The van der Waals surface area contributed by atoms with Crippen LogP contribution in [0.25, 0.3) is 11.1 Å². The van der Waals surface area contributed by atoms with Crippen LogP contribution < -0.4 is 20.9 Å². The second kappa shape index (κ2) is 13.2. The van der Waals surface area contributed by atoms with Crippen LogP contribution in [0.1, 0.15) is 71.2 Å². The number of rotatable bonds is 10. The molecule has 0 unspecified atom stereocenters. The predicted molar refractivity (Wildman–Crippen MR) is 203 cm³/mol. The predicted octanol–water partition coefficient (Wildman–Crippen LogP) is 11.3. The Morgan fingerprint density at radius 2 is 0.898 bits per heavy atom. The van der Waals surface area contributed by atoms with Gasteiger partial charge in [-0.2, -0.15) is 0 Å². The molecule has 0 amide bonds. The van der Waals surface area contributed by atoms with E-state index in [2.05, 4.69) is 98.8 Å². The van der Waals surface area contributed by atoms with Gasteiger partial charge in [-0.25, -0.2) is 0 Å². The first kappa shape index (κ1) is 32.1. The van der Waals surface area contributed by atoms with Gasteiger partial charge < -0.3 is 20.9 Å². The molecule has 0 aromatic heterocycles. The van der Waals surface area contributed by atoms with Crippen molar-refractivity contribution in [2.45, 2.75) is 58.8 Å². The number of anilines is 2. The lowest BCUT2D eigenvalue weighted by Crippen LogP contribution is -2.29. The van der Waals surface area contributed by atoms with E-state index in [1.54, 1.807) is 0 Å². The van der Waals surface area contributed by atoms with Crippen LogP contribution in [-0.4, -0.2) is 0 Å². The molecule has 1 aliphatic rings. The van der Waals surface area contributed by atoms with Crippen molar-refractivity contribution in [3.8, 4) is 34.1 Å². The molecule has 246 valence electrons. The molecular formula is C45H44N2O2. The van der Waals surface area contributed by atoms with Gasteiger partial charge in [0.15, 0.2) is 0 Å². The normalized spacial score (nSPS) is 12.7. The molecule has 0 radical (unpaired) electrons. The molecule has 4 N–H and O–H groups in total. The smallest absolute Gasteiger partial charge is 0.130 e. The van der Waals surface area contributed by atoms with Crippen LogP contribution in [-0.2, 0) is 18.3 Å². The SMILES string of the molecule is CCCc1cc(C2(c3ccc(Oc4ccc(N)cc4C)c(CCC)c3)c3ccccc3-c3ccccc32)ccc1Oc1ccc(N)cc1C. The van der Waals surface area contributed by atoms with Crippen LogP contribution in [0.3, 0.4) is 0 Å². The molecule has 4 heteroatoms. The number of hydrogen-bond acceptors (Lipinski definition) is 4. The van der Waals surface area contributed by atoms with E-state index >= 15 is 0 Å². The third kappa shape index (κ3) is 5.72. The highest BCUT2D eigenvalue weighted by atomic mass is 16.5. The van der Waals surface area contributed by atoms with Crippen molar-refractivity contribution in [1.29, 1.82) is 0 Å². The summed E-state index contributed by atoms with van der Waals surface area (Å²) >= 11 is 0. The van der Waals surface area contributed by atoms with Gasteiger partial charge in [-0.05, 0) is 131 Å². The Morgan fingerprint density at radius 1 is 0.490 bits per heavy atom. The standard InChI is InChI=1S/C45H44N2O2/c1-5-11-31-27-33(17-21-43(31)48-41-23-19-35(46)25-29(41)3)45(39-15-9-7-13-37(39)38-14-8-10-16-40(38)45)34-18-22-44(32(28-34)12-6-2)49-42-24-20-36(47)26-30(42)4/h7-10,13-28H,5-6,11-12,46-47H2,1-4H3. The first-order valence-corrected chi connectivity index (χ1v) is 17.4. The Morgan fingerprint density at radius 3 is 1.31 bits per heavy atom. The molecular weight excluding hydrogens is 601 g/mol. The lowest BCUT2D eigenvalue weighted by Gasteiger charge is -2.35. The highest BCUT2D eigenvalue weighted by Gasteiger charge is 2.46. The number of benzene rings is 6. The quantitative estimate of drug-likeness (QED) is 0.145. The Kier molecular flexibility index (Phi) is 8.64. The average Bonchev–Trinajstić information content (AvgIpc) is 3.40. The lowest BCUT2D eigenvalue weighted by atomic mass is 9.67. The Labute approximate surface area is 290 Å². The van der Waals surface area contributed by atoms with E-state index in [4.69, 9.17) is 20.9 Å². The molecule has 7 rings (SSSR count). The van der Waals surface area contributed by atoms with Gasteiger partial charge in [0.05, 0.1) is 5.41 Å². The summed E-state index contributed by atoms with van der Waals surface area (Å²) < 4.78 is 13.2. The van der Waals surface area contributed by atoms with Crippen LogP contribution in [0.5, 0.6) is 23.0 Å². The summed E-state index contributed by atoms with van der Waals surface area (Å²) in [5.41, 5.74) is 25.0. The zero-order valence-electron chi connectivity index (χ0n) is 28.8. The third-order valence-electron chi connectivity index (χ3n) is 9.82. The van der Waals surface area contributed by atoms with Gasteiger partial charge >= 0.3 is 0 Å². The van der Waals surface area contributed by atoms with E-state index in [0.29, 0.717) is 0 Å². The van der Waals surface area contributed by atoms with Crippen molar-refractivity contribution in [2.75, 3.05) is 11.5 Å². The Balaban J connectivity index is 1.44. The van der Waals surface area contributed by atoms with E-state index in [0.717, 1.165) is 71.2 Å². The van der Waals surface area contributed by atoms with Crippen molar-refractivity contribution < 1.29 is 9.47 Å². The fraction of sp³-hybridized carbons (Fsp3) is 0.200. The van der Waals surface area contributed by atoms with Gasteiger partial charge in [0.2, 0.25) is 0 Å². The number of nitrogens with two attached hydrogens (primary N) is 2. The maximum Gasteiger partial charge on any atom is 0.130 e. The van der Waals surface area contributed by atoms with Crippen LogP contribution in [0.2, 0.25) is 0 Å². The van der Waals surface area contributed by atoms with E-state index < -0.39 is 5.41 Å². The van der Waals surface area contributed by atoms with E-state index in [-0.39, 0.29) is 0 Å². The summed E-state index contributed by atoms with van der Waals surface area (Å²) in [5.74, 6) is 3.40. The van der Waals surface area contributed by atoms with E-state index in [1.807, 2.05) is 50.2 Å². The minimum atomic E-state index is -0.538. The molecule has 1 aliphatic carbocycles. The van der Waals surface area contributed by atoms with Gasteiger partial charge in [-0.15, -0.1) is 0 Å². The van der Waals surface area contributed by atoms with E-state index in [1.165, 1.54) is 44.5 Å². The van der Waals surface area contributed by atoms with Crippen molar-refractivity contribution in [3.05, 3.63) is 166 Å². The molecule has 4 nitrogen and oxygen atoms in total. The number of aryl methyl sites for hydroxylation is 4. The molecule has 0 heterocycles.